The first-order valence-electron chi connectivity index (χ1n) is 4.87. The average Bonchev–Trinajstić information content (AvgIpc) is 2.70. The van der Waals surface area contributed by atoms with Gasteiger partial charge in [0.25, 0.3) is 0 Å². The van der Waals surface area contributed by atoms with E-state index in [4.69, 9.17) is 16.2 Å². The molecule has 5 heteroatoms. The van der Waals surface area contributed by atoms with E-state index in [1.54, 1.807) is 7.11 Å². The van der Waals surface area contributed by atoms with E-state index in [1.165, 1.54) is 0 Å². The van der Waals surface area contributed by atoms with Crippen molar-refractivity contribution in [2.24, 2.45) is 11.5 Å². The highest BCUT2D eigenvalue weighted by Gasteiger charge is 2.10. The van der Waals surface area contributed by atoms with Crippen molar-refractivity contribution in [2.75, 3.05) is 13.7 Å². The molecule has 0 radical (unpaired) electrons. The molecule has 0 saturated carbocycles. The van der Waals surface area contributed by atoms with E-state index in [1.807, 2.05) is 24.4 Å². The number of fused-ring (bicyclic) bond motifs is 1. The third-order valence-electron chi connectivity index (χ3n) is 2.57. The summed E-state index contributed by atoms with van der Waals surface area (Å²) < 4.78 is 5.17. The molecule has 0 unspecified atom stereocenters. The fraction of sp³-hybridized carbons (Fsp3) is 0.273. The summed E-state index contributed by atoms with van der Waals surface area (Å²) in [6.07, 6.45) is 1.90. The number of halogens is 1. The standard InChI is InChI=1S/C11H15N3O.ClH/c1-15-7-2-3-11-8(4-7)9(6-14-11)10(13)5-12;/h2-4,6,10,14H,5,12-13H2,1H3;1H/t10-;/m0./s1. The summed E-state index contributed by atoms with van der Waals surface area (Å²) >= 11 is 0. The molecule has 0 aliphatic rings. The first-order valence-corrected chi connectivity index (χ1v) is 4.87. The van der Waals surface area contributed by atoms with E-state index in [9.17, 15) is 0 Å². The lowest BCUT2D eigenvalue weighted by molar-refractivity contribution is 0.415. The van der Waals surface area contributed by atoms with Crippen molar-refractivity contribution in [3.05, 3.63) is 30.0 Å². The van der Waals surface area contributed by atoms with Gasteiger partial charge >= 0.3 is 0 Å². The van der Waals surface area contributed by atoms with E-state index in [2.05, 4.69) is 4.98 Å². The molecule has 0 saturated heterocycles. The smallest absolute Gasteiger partial charge is 0.119 e. The summed E-state index contributed by atoms with van der Waals surface area (Å²) in [6, 6.07) is 5.72. The van der Waals surface area contributed by atoms with Crippen LogP contribution in [0.5, 0.6) is 5.75 Å². The second-order valence-corrected chi connectivity index (χ2v) is 3.50. The highest BCUT2D eigenvalue weighted by molar-refractivity contribution is 5.85. The van der Waals surface area contributed by atoms with Gasteiger partial charge in [0.2, 0.25) is 0 Å². The SMILES string of the molecule is COc1ccc2[nH]cc([C@@H](N)CN)c2c1.Cl. The highest BCUT2D eigenvalue weighted by atomic mass is 35.5. The number of aromatic amines is 1. The zero-order chi connectivity index (χ0) is 10.8. The fourth-order valence-corrected chi connectivity index (χ4v) is 1.68. The quantitative estimate of drug-likeness (QED) is 0.763. The van der Waals surface area contributed by atoms with Crippen molar-refractivity contribution in [3.63, 3.8) is 0 Å². The number of hydrogen-bond acceptors (Lipinski definition) is 3. The Hall–Kier alpha value is -1.23. The van der Waals surface area contributed by atoms with Crippen LogP contribution in [0.3, 0.4) is 0 Å². The number of hydrogen-bond donors (Lipinski definition) is 3. The molecule has 88 valence electrons. The largest absolute Gasteiger partial charge is 0.497 e. The predicted molar refractivity (Wildman–Crippen MR) is 68.1 cm³/mol. The van der Waals surface area contributed by atoms with Crippen molar-refractivity contribution in [2.45, 2.75) is 6.04 Å². The minimum atomic E-state index is -0.133. The maximum atomic E-state index is 5.91. The summed E-state index contributed by atoms with van der Waals surface area (Å²) in [5, 5.41) is 1.08. The van der Waals surface area contributed by atoms with Gasteiger partial charge in [-0.15, -0.1) is 12.4 Å². The summed E-state index contributed by atoms with van der Waals surface area (Å²) in [6.45, 7) is 0.435. The molecule has 0 spiro atoms. The van der Waals surface area contributed by atoms with E-state index in [-0.39, 0.29) is 18.4 Å². The molecule has 0 fully saturated rings. The maximum absolute atomic E-state index is 5.91. The molecule has 1 aromatic carbocycles. The van der Waals surface area contributed by atoms with Crippen LogP contribution in [0.1, 0.15) is 11.6 Å². The molecule has 0 bridgehead atoms. The summed E-state index contributed by atoms with van der Waals surface area (Å²) in [7, 11) is 1.65. The number of methoxy groups -OCH3 is 1. The molecule has 4 nitrogen and oxygen atoms in total. The predicted octanol–water partition coefficient (Wildman–Crippen LogP) is 1.56. The number of H-pyrrole nitrogens is 1. The maximum Gasteiger partial charge on any atom is 0.119 e. The molecule has 5 N–H and O–H groups in total. The second kappa shape index (κ2) is 5.21. The molecule has 1 heterocycles. The van der Waals surface area contributed by atoms with Crippen LogP contribution in [0.4, 0.5) is 0 Å². The monoisotopic (exact) mass is 241 g/mol. The molecular weight excluding hydrogens is 226 g/mol. The molecule has 2 rings (SSSR count). The molecule has 2 aromatic rings. The Kier molecular flexibility index (Phi) is 4.18. The van der Waals surface area contributed by atoms with E-state index in [0.717, 1.165) is 22.2 Å². The summed E-state index contributed by atoms with van der Waals surface area (Å²) in [4.78, 5) is 3.16. The first-order chi connectivity index (χ1) is 7.26. The Bertz CT molecular complexity index is 469. The Morgan fingerprint density at radius 3 is 2.81 bits per heavy atom. The number of nitrogens with one attached hydrogen (secondary N) is 1. The Morgan fingerprint density at radius 2 is 2.19 bits per heavy atom. The van der Waals surface area contributed by atoms with Crippen LogP contribution in [0.25, 0.3) is 10.9 Å². The zero-order valence-corrected chi connectivity index (χ0v) is 9.88. The summed E-state index contributed by atoms with van der Waals surface area (Å²) in [5.41, 5.74) is 13.5. The normalized spacial score (nSPS) is 12.2. The van der Waals surface area contributed by atoms with Gasteiger partial charge in [0.05, 0.1) is 7.11 Å². The van der Waals surface area contributed by atoms with Crippen LogP contribution in [-0.4, -0.2) is 18.6 Å². The number of nitrogens with two attached hydrogens (primary N) is 2. The van der Waals surface area contributed by atoms with Gasteiger partial charge in [-0.3, -0.25) is 0 Å². The van der Waals surface area contributed by atoms with E-state index in [0.29, 0.717) is 6.54 Å². The Balaban J connectivity index is 0.00000128. The average molecular weight is 242 g/mol. The van der Waals surface area contributed by atoms with Crippen LogP contribution in [0.15, 0.2) is 24.4 Å². The van der Waals surface area contributed by atoms with E-state index < -0.39 is 0 Å². The Labute approximate surface area is 100 Å². The topological polar surface area (TPSA) is 77.1 Å². The van der Waals surface area contributed by atoms with E-state index >= 15 is 0 Å². The molecule has 0 amide bonds. The number of aromatic nitrogens is 1. The van der Waals surface area contributed by atoms with Crippen LogP contribution in [0, 0.1) is 0 Å². The highest BCUT2D eigenvalue weighted by Crippen LogP contribution is 2.26. The lowest BCUT2D eigenvalue weighted by Crippen LogP contribution is -2.20. The van der Waals surface area contributed by atoms with Gasteiger partial charge in [-0.1, -0.05) is 0 Å². The van der Waals surface area contributed by atoms with Gasteiger partial charge in [-0.05, 0) is 23.8 Å². The van der Waals surface area contributed by atoms with Crippen LogP contribution in [0.2, 0.25) is 0 Å². The van der Waals surface area contributed by atoms with Gasteiger partial charge in [-0.25, -0.2) is 0 Å². The van der Waals surface area contributed by atoms with Gasteiger partial charge in [0.15, 0.2) is 0 Å². The van der Waals surface area contributed by atoms with Crippen molar-refractivity contribution in [3.8, 4) is 5.75 Å². The van der Waals surface area contributed by atoms with Crippen molar-refractivity contribution >= 4 is 23.3 Å². The number of benzene rings is 1. The molecule has 1 atom stereocenters. The van der Waals surface area contributed by atoms with Crippen LogP contribution in [-0.2, 0) is 0 Å². The minimum absolute atomic E-state index is 0. The van der Waals surface area contributed by atoms with Crippen LogP contribution >= 0.6 is 12.4 Å². The lowest BCUT2D eigenvalue weighted by Gasteiger charge is -2.07. The fourth-order valence-electron chi connectivity index (χ4n) is 1.68. The first kappa shape index (κ1) is 12.8. The molecule has 16 heavy (non-hydrogen) atoms. The third kappa shape index (κ3) is 2.14. The summed E-state index contributed by atoms with van der Waals surface area (Å²) in [5.74, 6) is 0.826. The van der Waals surface area contributed by atoms with Crippen molar-refractivity contribution < 1.29 is 4.74 Å². The van der Waals surface area contributed by atoms with Gasteiger partial charge in [-0.2, -0.15) is 0 Å². The molecule has 0 aliphatic carbocycles. The van der Waals surface area contributed by atoms with Crippen molar-refractivity contribution in [1.29, 1.82) is 0 Å². The zero-order valence-electron chi connectivity index (χ0n) is 9.07. The van der Waals surface area contributed by atoms with Gasteiger partial charge in [0, 0.05) is 29.7 Å². The lowest BCUT2D eigenvalue weighted by atomic mass is 10.1. The molecule has 0 aliphatic heterocycles. The molecular formula is C11H16ClN3O. The minimum Gasteiger partial charge on any atom is -0.497 e. The number of rotatable bonds is 3. The third-order valence-corrected chi connectivity index (χ3v) is 2.57. The van der Waals surface area contributed by atoms with Crippen LogP contribution < -0.4 is 16.2 Å². The molecule has 1 aromatic heterocycles. The van der Waals surface area contributed by atoms with Gasteiger partial charge in [0.1, 0.15) is 5.75 Å². The Morgan fingerprint density at radius 1 is 1.44 bits per heavy atom. The van der Waals surface area contributed by atoms with Gasteiger partial charge < -0.3 is 21.2 Å². The second-order valence-electron chi connectivity index (χ2n) is 3.50. The number of ether oxygens (including phenoxy) is 1. The van der Waals surface area contributed by atoms with Crippen molar-refractivity contribution in [1.82, 2.24) is 4.98 Å².